The molecule has 13 heteroatoms. The Bertz CT molecular complexity index is 1350. The van der Waals surface area contributed by atoms with Gasteiger partial charge in [-0.2, -0.15) is 0 Å². The molecule has 0 amide bonds. The minimum Gasteiger partial charge on any atom is -0.394 e. The maximum Gasteiger partial charge on any atom is 0.197 e. The molecule has 296 valence electrons. The van der Waals surface area contributed by atoms with Crippen LogP contribution in [0.2, 0.25) is 0 Å². The van der Waals surface area contributed by atoms with E-state index in [1.54, 1.807) is 0 Å². The molecule has 0 radical (unpaired) electrons. The molecule has 0 aromatic carbocycles. The largest absolute Gasteiger partial charge is 0.394 e. The van der Waals surface area contributed by atoms with Crippen LogP contribution in [0.4, 0.5) is 0 Å². The number of aliphatic hydroxyl groups is 7. The van der Waals surface area contributed by atoms with Crippen LogP contribution in [0.5, 0.6) is 0 Å². The molecule has 4 aliphatic heterocycles. The molecule has 8 rings (SSSR count). The number of hydrogen-bond donors (Lipinski definition) is 7. The van der Waals surface area contributed by atoms with Crippen molar-refractivity contribution in [3.63, 3.8) is 0 Å². The average molecular weight is 739 g/mol. The van der Waals surface area contributed by atoms with Gasteiger partial charge in [-0.1, -0.05) is 39.3 Å². The van der Waals surface area contributed by atoms with Gasteiger partial charge in [0.05, 0.1) is 31.5 Å². The Morgan fingerprint density at radius 2 is 1.56 bits per heavy atom. The summed E-state index contributed by atoms with van der Waals surface area (Å²) in [7, 11) is 0. The van der Waals surface area contributed by atoms with E-state index in [0.29, 0.717) is 49.0 Å². The first kappa shape index (κ1) is 38.1. The van der Waals surface area contributed by atoms with Crippen molar-refractivity contribution in [2.24, 2.45) is 46.3 Å². The molecule has 4 saturated heterocycles. The highest BCUT2D eigenvalue weighted by Crippen LogP contribution is 2.70. The Kier molecular flexibility index (Phi) is 10.0. The summed E-state index contributed by atoms with van der Waals surface area (Å²) in [6, 6.07) is 0. The van der Waals surface area contributed by atoms with Gasteiger partial charge in [-0.25, -0.2) is 0 Å². The van der Waals surface area contributed by atoms with Crippen molar-refractivity contribution in [1.29, 1.82) is 0 Å². The van der Waals surface area contributed by atoms with E-state index in [1.165, 1.54) is 12.5 Å². The molecule has 7 fully saturated rings. The smallest absolute Gasteiger partial charge is 0.197 e. The number of fused-ring (bicyclic) bond motifs is 7. The molecule has 22 atom stereocenters. The van der Waals surface area contributed by atoms with Gasteiger partial charge in [0.1, 0.15) is 48.8 Å². The number of ether oxygens (including phenoxy) is 6. The average Bonchev–Trinajstić information content (AvgIpc) is 3.57. The first-order valence-electron chi connectivity index (χ1n) is 19.9. The van der Waals surface area contributed by atoms with Gasteiger partial charge in [0.2, 0.25) is 0 Å². The maximum absolute atomic E-state index is 11.2. The monoisotopic (exact) mass is 738 g/mol. The van der Waals surface area contributed by atoms with E-state index in [9.17, 15) is 35.7 Å². The highest BCUT2D eigenvalue weighted by Gasteiger charge is 2.70. The van der Waals surface area contributed by atoms with E-state index in [0.717, 1.165) is 38.5 Å². The third-order valence-electron chi connectivity index (χ3n) is 15.6. The minimum atomic E-state index is -1.62. The van der Waals surface area contributed by atoms with Crippen molar-refractivity contribution in [3.8, 4) is 0 Å². The Hall–Kier alpha value is -0.780. The van der Waals surface area contributed by atoms with E-state index < -0.39 is 79.9 Å². The summed E-state index contributed by atoms with van der Waals surface area (Å²) in [6.07, 6.45) is -4.38. The Labute approximate surface area is 306 Å². The lowest BCUT2D eigenvalue weighted by Crippen LogP contribution is -2.64. The summed E-state index contributed by atoms with van der Waals surface area (Å²) in [5.74, 6) is 1.57. The molecule has 3 saturated carbocycles. The lowest BCUT2D eigenvalue weighted by Gasteiger charge is -2.59. The van der Waals surface area contributed by atoms with E-state index in [2.05, 4.69) is 33.8 Å². The molecule has 0 bridgehead atoms. The summed E-state index contributed by atoms with van der Waals surface area (Å²) in [6.45, 7) is 10.9. The van der Waals surface area contributed by atoms with Crippen molar-refractivity contribution in [3.05, 3.63) is 11.6 Å². The Morgan fingerprint density at radius 3 is 2.29 bits per heavy atom. The topological polar surface area (TPSA) is 197 Å². The number of allylic oxidation sites excluding steroid dienone is 1. The molecule has 4 heterocycles. The lowest BCUT2D eigenvalue weighted by atomic mass is 9.47. The Balaban J connectivity index is 0.919. The molecular formula is C39H62O13. The molecule has 8 aliphatic rings. The summed E-state index contributed by atoms with van der Waals surface area (Å²) < 4.78 is 36.8. The second-order valence-corrected chi connectivity index (χ2v) is 18.4. The third kappa shape index (κ3) is 5.74. The number of aliphatic hydroxyl groups excluding tert-OH is 7. The van der Waals surface area contributed by atoms with Gasteiger partial charge >= 0.3 is 0 Å². The maximum atomic E-state index is 11.2. The highest BCUT2D eigenvalue weighted by molar-refractivity contribution is 5.26. The third-order valence-corrected chi connectivity index (χ3v) is 15.6. The van der Waals surface area contributed by atoms with Gasteiger partial charge in [-0.15, -0.1) is 0 Å². The van der Waals surface area contributed by atoms with Crippen LogP contribution in [0.3, 0.4) is 0 Å². The van der Waals surface area contributed by atoms with Crippen molar-refractivity contribution >= 4 is 0 Å². The van der Waals surface area contributed by atoms with Crippen LogP contribution in [0.1, 0.15) is 86.0 Å². The second-order valence-electron chi connectivity index (χ2n) is 18.4. The van der Waals surface area contributed by atoms with Gasteiger partial charge in [0, 0.05) is 5.92 Å². The molecular weight excluding hydrogens is 676 g/mol. The molecule has 0 aromatic rings. The van der Waals surface area contributed by atoms with Gasteiger partial charge in [0.15, 0.2) is 18.4 Å². The fourth-order valence-electron chi connectivity index (χ4n) is 12.7. The molecule has 7 N–H and O–H groups in total. The van der Waals surface area contributed by atoms with Crippen LogP contribution in [0, 0.1) is 46.3 Å². The minimum absolute atomic E-state index is 0.0303. The predicted molar refractivity (Wildman–Crippen MR) is 183 cm³/mol. The molecule has 0 aromatic heterocycles. The molecule has 52 heavy (non-hydrogen) atoms. The van der Waals surface area contributed by atoms with Gasteiger partial charge < -0.3 is 64.2 Å². The lowest BCUT2D eigenvalue weighted by molar-refractivity contribution is -0.360. The Morgan fingerprint density at radius 1 is 0.827 bits per heavy atom. The SMILES string of the molecule is C[C@H]1CO[C@@]2(O[C@H]3C[C@H]4[C@@H]5CC=C6C[C@@H](O[C@@H]7O[C@H](CO)[C@@H](O[C@@H]8O[C@@H](C)[C@H](O)[C@@H](O)[C@H]8O)[C@H](O)[C@H]7O)CC[C@]6(C)[C@H]5CC[C@]4(C)[C@H]3[C@@H]2C)[C@@H](O)C1. The summed E-state index contributed by atoms with van der Waals surface area (Å²) >= 11 is 0. The van der Waals surface area contributed by atoms with Gasteiger partial charge in [-0.3, -0.25) is 0 Å². The molecule has 13 nitrogen and oxygen atoms in total. The van der Waals surface area contributed by atoms with Crippen LogP contribution >= 0.6 is 0 Å². The zero-order chi connectivity index (χ0) is 37.1. The predicted octanol–water partition coefficient (Wildman–Crippen LogP) is 1.36. The van der Waals surface area contributed by atoms with Crippen LogP contribution in [-0.2, 0) is 28.4 Å². The van der Waals surface area contributed by atoms with E-state index in [4.69, 9.17) is 28.4 Å². The van der Waals surface area contributed by atoms with Crippen LogP contribution in [0.25, 0.3) is 0 Å². The second kappa shape index (κ2) is 13.7. The summed E-state index contributed by atoms with van der Waals surface area (Å²) in [5, 5.41) is 74.3. The van der Waals surface area contributed by atoms with Crippen molar-refractivity contribution in [2.75, 3.05) is 13.2 Å². The van der Waals surface area contributed by atoms with Crippen LogP contribution < -0.4 is 0 Å². The molecule has 0 unspecified atom stereocenters. The fraction of sp³-hybridized carbons (Fsp3) is 0.949. The van der Waals surface area contributed by atoms with E-state index >= 15 is 0 Å². The van der Waals surface area contributed by atoms with Gasteiger partial charge in [0.25, 0.3) is 0 Å². The molecule has 4 aliphatic carbocycles. The zero-order valence-electron chi connectivity index (χ0n) is 31.2. The van der Waals surface area contributed by atoms with Crippen molar-refractivity contribution < 1.29 is 64.2 Å². The van der Waals surface area contributed by atoms with Crippen molar-refractivity contribution in [1.82, 2.24) is 0 Å². The molecule has 1 spiro atoms. The van der Waals surface area contributed by atoms with Gasteiger partial charge in [-0.05, 0) is 98.7 Å². The fourth-order valence-corrected chi connectivity index (χ4v) is 12.7. The standard InChI is InChI=1S/C39H62O13/c1-17-12-27(41)39(47-16-17)18(2)28-25(52-39)14-24-22-7-6-20-13-21(8-10-37(20,4)23(22)9-11-38(24,28)5)49-36-33(46)31(44)34(26(15-40)50-36)51-35-32(45)30(43)29(42)19(3)48-35/h6,17-19,21-36,40-46H,7-16H2,1-5H3/t17-,18+,19+,21+,22-,23+,24+,25+,26-,27+,28+,29+,30-,31-,32-,33-,34-,35+,36-,37+,38+,39+/m1/s1. The zero-order valence-corrected chi connectivity index (χ0v) is 31.2. The quantitative estimate of drug-likeness (QED) is 0.200. The normalized spacial score (nSPS) is 58.9. The first-order chi connectivity index (χ1) is 24.6. The number of rotatable bonds is 5. The highest BCUT2D eigenvalue weighted by atomic mass is 16.7. The van der Waals surface area contributed by atoms with Crippen LogP contribution in [0.15, 0.2) is 11.6 Å². The summed E-state index contributed by atoms with van der Waals surface area (Å²) in [5.41, 5.74) is 1.54. The number of hydrogen-bond acceptors (Lipinski definition) is 13. The van der Waals surface area contributed by atoms with Crippen LogP contribution in [-0.4, -0.2) is 134 Å². The summed E-state index contributed by atoms with van der Waals surface area (Å²) in [4.78, 5) is 0. The van der Waals surface area contributed by atoms with Crippen molar-refractivity contribution in [2.45, 2.75) is 171 Å². The van der Waals surface area contributed by atoms with E-state index in [1.807, 2.05) is 0 Å². The van der Waals surface area contributed by atoms with E-state index in [-0.39, 0.29) is 29.0 Å². The first-order valence-corrected chi connectivity index (χ1v) is 19.9.